The number of rotatable bonds is 11. The Kier molecular flexibility index (Phi) is 9.30. The molecular weight excluding hydrogens is 468 g/mol. The Balaban J connectivity index is 1.72. The number of hydrogen-bond acceptors (Lipinski definition) is 4. The first-order chi connectivity index (χ1) is 18.0. The molecular formula is C31H39F2N3O. The molecule has 3 unspecified atom stereocenters. The molecule has 0 aromatic heterocycles. The summed E-state index contributed by atoms with van der Waals surface area (Å²) in [6.45, 7) is 7.60. The lowest BCUT2D eigenvalue weighted by Gasteiger charge is -2.56. The van der Waals surface area contributed by atoms with E-state index < -0.39 is 11.6 Å². The Morgan fingerprint density at radius 1 is 0.865 bits per heavy atom. The van der Waals surface area contributed by atoms with E-state index in [0.29, 0.717) is 13.1 Å². The minimum Gasteiger partial charge on any atom is -0.390 e. The van der Waals surface area contributed by atoms with Gasteiger partial charge in [0.2, 0.25) is 0 Å². The maximum absolute atomic E-state index is 13.9. The highest BCUT2D eigenvalue weighted by molar-refractivity contribution is 5.42. The Morgan fingerprint density at radius 3 is 1.92 bits per heavy atom. The fourth-order valence-electron chi connectivity index (χ4n) is 6.27. The monoisotopic (exact) mass is 507 g/mol. The van der Waals surface area contributed by atoms with E-state index in [1.165, 1.54) is 24.3 Å². The topological polar surface area (TPSA) is 47.5 Å². The summed E-state index contributed by atoms with van der Waals surface area (Å²) in [4.78, 5) is 2.44. The van der Waals surface area contributed by atoms with Gasteiger partial charge in [-0.2, -0.15) is 0 Å². The van der Waals surface area contributed by atoms with Gasteiger partial charge in [-0.25, -0.2) is 8.78 Å². The van der Waals surface area contributed by atoms with Crippen LogP contribution in [0.2, 0.25) is 0 Å². The van der Waals surface area contributed by atoms with Crippen LogP contribution in [0.5, 0.6) is 0 Å². The zero-order valence-corrected chi connectivity index (χ0v) is 21.8. The van der Waals surface area contributed by atoms with Gasteiger partial charge in [0.05, 0.1) is 6.10 Å². The average Bonchev–Trinajstić information content (AvgIpc) is 2.92. The summed E-state index contributed by atoms with van der Waals surface area (Å²) < 4.78 is 27.8. The van der Waals surface area contributed by atoms with Gasteiger partial charge in [-0.1, -0.05) is 56.3 Å². The molecule has 198 valence electrons. The lowest BCUT2D eigenvalue weighted by molar-refractivity contribution is -0.0185. The van der Waals surface area contributed by atoms with Crippen molar-refractivity contribution in [2.75, 3.05) is 38.0 Å². The lowest BCUT2D eigenvalue weighted by Crippen LogP contribution is -2.68. The molecule has 4 rings (SSSR count). The van der Waals surface area contributed by atoms with E-state index >= 15 is 0 Å². The highest BCUT2D eigenvalue weighted by Gasteiger charge is 2.50. The predicted octanol–water partition coefficient (Wildman–Crippen LogP) is 5.77. The molecule has 1 saturated heterocycles. The molecule has 0 spiro atoms. The smallest absolute Gasteiger partial charge is 0.123 e. The molecule has 0 aliphatic carbocycles. The van der Waals surface area contributed by atoms with Crippen molar-refractivity contribution in [3.8, 4) is 0 Å². The van der Waals surface area contributed by atoms with Gasteiger partial charge in [-0.3, -0.25) is 4.90 Å². The highest BCUT2D eigenvalue weighted by Crippen LogP contribution is 2.48. The van der Waals surface area contributed by atoms with E-state index in [-0.39, 0.29) is 23.5 Å². The fraction of sp³-hybridized carbons (Fsp3) is 0.419. The molecule has 0 amide bonds. The van der Waals surface area contributed by atoms with Crippen molar-refractivity contribution in [3.63, 3.8) is 0 Å². The standard InChI is InChI=1S/C31H39F2N3O/c1-3-29(23-10-14-25(32)15-11-23)31(30(4-2)24-12-16-26(33)17-13-24)22-34-18-19-36(31)21-28(37)20-35-27-8-6-5-7-9-27/h5-17,28-30,34-35,37H,3-4,18-22H2,1-2H3. The fourth-order valence-corrected chi connectivity index (χ4v) is 6.27. The van der Waals surface area contributed by atoms with Crippen LogP contribution in [0.3, 0.4) is 0 Å². The number of hydrogen-bond donors (Lipinski definition) is 3. The van der Waals surface area contributed by atoms with Gasteiger partial charge >= 0.3 is 0 Å². The summed E-state index contributed by atoms with van der Waals surface area (Å²) in [5, 5.41) is 18.2. The van der Waals surface area contributed by atoms with E-state index in [1.54, 1.807) is 0 Å². The molecule has 1 aliphatic rings. The number of benzene rings is 3. The second-order valence-corrected chi connectivity index (χ2v) is 10.0. The van der Waals surface area contributed by atoms with E-state index in [4.69, 9.17) is 0 Å². The highest BCUT2D eigenvalue weighted by atomic mass is 19.1. The van der Waals surface area contributed by atoms with Gasteiger partial charge in [0.15, 0.2) is 0 Å². The number of anilines is 1. The Morgan fingerprint density at radius 2 is 1.41 bits per heavy atom. The van der Waals surface area contributed by atoms with Crippen LogP contribution in [0.4, 0.5) is 14.5 Å². The van der Waals surface area contributed by atoms with Crippen molar-refractivity contribution in [2.45, 2.75) is 50.2 Å². The van der Waals surface area contributed by atoms with Crippen molar-refractivity contribution in [1.29, 1.82) is 0 Å². The van der Waals surface area contributed by atoms with E-state index in [2.05, 4.69) is 29.4 Å². The van der Waals surface area contributed by atoms with Crippen molar-refractivity contribution < 1.29 is 13.9 Å². The molecule has 3 N–H and O–H groups in total. The van der Waals surface area contributed by atoms with Crippen molar-refractivity contribution in [1.82, 2.24) is 10.2 Å². The molecule has 3 aromatic rings. The van der Waals surface area contributed by atoms with Gasteiger partial charge < -0.3 is 15.7 Å². The maximum Gasteiger partial charge on any atom is 0.123 e. The third-order valence-corrected chi connectivity index (χ3v) is 7.87. The second-order valence-electron chi connectivity index (χ2n) is 10.0. The number of para-hydroxylation sites is 1. The van der Waals surface area contributed by atoms with E-state index in [1.807, 2.05) is 54.6 Å². The Labute approximate surface area is 219 Å². The lowest BCUT2D eigenvalue weighted by atomic mass is 9.64. The normalized spacial score (nSPS) is 20.8. The van der Waals surface area contributed by atoms with Crippen LogP contribution >= 0.6 is 0 Å². The molecule has 37 heavy (non-hydrogen) atoms. The largest absolute Gasteiger partial charge is 0.390 e. The van der Waals surface area contributed by atoms with Gasteiger partial charge in [-0.05, 0) is 60.4 Å². The Hall–Kier alpha value is -2.80. The summed E-state index contributed by atoms with van der Waals surface area (Å²) in [5.41, 5.74) is 2.74. The predicted molar refractivity (Wildman–Crippen MR) is 147 cm³/mol. The molecule has 0 saturated carbocycles. The third kappa shape index (κ3) is 6.20. The second kappa shape index (κ2) is 12.6. The minimum absolute atomic E-state index is 0.0742. The summed E-state index contributed by atoms with van der Waals surface area (Å²) in [7, 11) is 0. The number of β-amino-alcohol motifs (C(OH)–C–C–N with tert-alkyl or cyclic N) is 1. The molecule has 3 atom stereocenters. The summed E-state index contributed by atoms with van der Waals surface area (Å²) in [6, 6.07) is 23.6. The maximum atomic E-state index is 13.9. The number of halogens is 2. The summed E-state index contributed by atoms with van der Waals surface area (Å²) in [6.07, 6.45) is 1.11. The molecule has 0 radical (unpaired) electrons. The van der Waals surface area contributed by atoms with E-state index in [0.717, 1.165) is 49.3 Å². The van der Waals surface area contributed by atoms with Crippen LogP contribution in [-0.2, 0) is 0 Å². The summed E-state index contributed by atoms with van der Waals surface area (Å²) >= 11 is 0. The van der Waals surface area contributed by atoms with E-state index in [9.17, 15) is 13.9 Å². The number of piperazine rings is 1. The molecule has 0 bridgehead atoms. The first-order valence-corrected chi connectivity index (χ1v) is 13.4. The van der Waals surface area contributed by atoms with Crippen LogP contribution in [0.25, 0.3) is 0 Å². The quantitative estimate of drug-likeness (QED) is 0.308. The average molecular weight is 508 g/mol. The van der Waals surface area contributed by atoms with Gasteiger partial charge in [0.25, 0.3) is 0 Å². The Bertz CT molecular complexity index is 1040. The van der Waals surface area contributed by atoms with Crippen LogP contribution in [0, 0.1) is 11.6 Å². The van der Waals surface area contributed by atoms with Crippen LogP contribution in [0.1, 0.15) is 49.7 Å². The van der Waals surface area contributed by atoms with Gasteiger partial charge in [-0.15, -0.1) is 0 Å². The van der Waals surface area contributed by atoms with Gasteiger partial charge in [0, 0.05) is 55.8 Å². The molecule has 4 nitrogen and oxygen atoms in total. The van der Waals surface area contributed by atoms with Gasteiger partial charge in [0.1, 0.15) is 11.6 Å². The van der Waals surface area contributed by atoms with Crippen LogP contribution < -0.4 is 10.6 Å². The number of aliphatic hydroxyl groups is 1. The van der Waals surface area contributed by atoms with Crippen molar-refractivity contribution in [2.24, 2.45) is 0 Å². The van der Waals surface area contributed by atoms with Crippen molar-refractivity contribution >= 4 is 5.69 Å². The van der Waals surface area contributed by atoms with Crippen LogP contribution in [0.15, 0.2) is 78.9 Å². The zero-order valence-electron chi connectivity index (χ0n) is 21.8. The van der Waals surface area contributed by atoms with Crippen molar-refractivity contribution in [3.05, 3.63) is 102 Å². The third-order valence-electron chi connectivity index (χ3n) is 7.87. The molecule has 3 aromatic carbocycles. The SMILES string of the molecule is CCC(c1ccc(F)cc1)C1(C(CC)c2ccc(F)cc2)CNCCN1CC(O)CNc1ccccc1. The number of nitrogens with zero attached hydrogens (tertiary/aromatic N) is 1. The van der Waals surface area contributed by atoms with Crippen LogP contribution in [-0.4, -0.2) is 54.4 Å². The molecule has 1 fully saturated rings. The molecule has 6 heteroatoms. The molecule has 1 aliphatic heterocycles. The first kappa shape index (κ1) is 27.2. The zero-order chi connectivity index (χ0) is 26.3. The molecule has 1 heterocycles. The summed E-state index contributed by atoms with van der Waals surface area (Å²) in [5.74, 6) is -0.353. The first-order valence-electron chi connectivity index (χ1n) is 13.4. The number of aliphatic hydroxyl groups excluding tert-OH is 1. The minimum atomic E-state index is -0.589. The number of nitrogens with one attached hydrogen (secondary N) is 2.